The Morgan fingerprint density at radius 3 is 2.44 bits per heavy atom. The topological polar surface area (TPSA) is 78.7 Å². The van der Waals surface area contributed by atoms with E-state index in [1.807, 2.05) is 53.1 Å². The van der Waals surface area contributed by atoms with Crippen molar-refractivity contribution in [2.45, 2.75) is 38.5 Å². The molecule has 6 nitrogen and oxygen atoms in total. The fourth-order valence-corrected chi connectivity index (χ4v) is 4.86. The highest BCUT2D eigenvalue weighted by molar-refractivity contribution is 5.95. The standard InChI is InChI=1S/C33H32F2N4O2/c1-2-22-7-6-8-23(13-22)19-36-20-31(40)29(16-24-14-27(34)18-28(35)15-24)38-33(41)26-11-12-39-21-30(37-32(39)17-26)25-9-4-3-5-10-25/h3-15,17-18,21,29,31,36,40H,2,16,19-20H2,1H3,(H,38,41)/t29-,31-/m0/s1. The van der Waals surface area contributed by atoms with Gasteiger partial charge in [-0.05, 0) is 53.8 Å². The minimum atomic E-state index is -1.03. The molecule has 0 aliphatic carbocycles. The van der Waals surface area contributed by atoms with Crippen LogP contribution in [0, 0.1) is 11.6 Å². The lowest BCUT2D eigenvalue weighted by atomic mass is 10.00. The Morgan fingerprint density at radius 2 is 1.68 bits per heavy atom. The fourth-order valence-electron chi connectivity index (χ4n) is 4.86. The molecule has 5 rings (SSSR count). The summed E-state index contributed by atoms with van der Waals surface area (Å²) in [5.74, 6) is -1.85. The molecule has 210 valence electrons. The minimum Gasteiger partial charge on any atom is -0.390 e. The number of hydrogen-bond donors (Lipinski definition) is 3. The number of aryl methyl sites for hydroxylation is 1. The lowest BCUT2D eigenvalue weighted by Gasteiger charge is -2.25. The average molecular weight is 555 g/mol. The number of imidazole rings is 1. The van der Waals surface area contributed by atoms with Gasteiger partial charge in [0.25, 0.3) is 5.91 Å². The molecule has 2 aromatic heterocycles. The van der Waals surface area contributed by atoms with Gasteiger partial charge in [-0.25, -0.2) is 13.8 Å². The van der Waals surface area contributed by atoms with Gasteiger partial charge in [0, 0.05) is 42.7 Å². The summed E-state index contributed by atoms with van der Waals surface area (Å²) in [4.78, 5) is 18.0. The zero-order valence-corrected chi connectivity index (χ0v) is 22.7. The van der Waals surface area contributed by atoms with E-state index < -0.39 is 29.7 Å². The maximum absolute atomic E-state index is 13.9. The van der Waals surface area contributed by atoms with Gasteiger partial charge in [-0.1, -0.05) is 61.5 Å². The summed E-state index contributed by atoms with van der Waals surface area (Å²) in [5.41, 5.74) is 5.31. The van der Waals surface area contributed by atoms with Crippen LogP contribution < -0.4 is 10.6 Å². The van der Waals surface area contributed by atoms with Crippen LogP contribution in [0.4, 0.5) is 8.78 Å². The van der Waals surface area contributed by atoms with Crippen LogP contribution in [0.15, 0.2) is 97.3 Å². The van der Waals surface area contributed by atoms with Gasteiger partial charge in [0.05, 0.1) is 17.8 Å². The van der Waals surface area contributed by atoms with Crippen LogP contribution in [0.1, 0.15) is 34.0 Å². The Morgan fingerprint density at radius 1 is 0.927 bits per heavy atom. The summed E-state index contributed by atoms with van der Waals surface area (Å²) >= 11 is 0. The van der Waals surface area contributed by atoms with Crippen molar-refractivity contribution in [3.63, 3.8) is 0 Å². The largest absolute Gasteiger partial charge is 0.390 e. The summed E-state index contributed by atoms with van der Waals surface area (Å²) in [6, 6.07) is 23.6. The van der Waals surface area contributed by atoms with E-state index in [1.165, 1.54) is 17.7 Å². The number of amides is 1. The molecule has 2 heterocycles. The lowest BCUT2D eigenvalue weighted by molar-refractivity contribution is 0.0830. The van der Waals surface area contributed by atoms with Crippen molar-refractivity contribution in [1.29, 1.82) is 0 Å². The smallest absolute Gasteiger partial charge is 0.251 e. The van der Waals surface area contributed by atoms with E-state index >= 15 is 0 Å². The Kier molecular flexibility index (Phi) is 8.82. The van der Waals surface area contributed by atoms with E-state index in [4.69, 9.17) is 0 Å². The minimum absolute atomic E-state index is 0.0400. The van der Waals surface area contributed by atoms with Crippen molar-refractivity contribution < 1.29 is 18.7 Å². The number of carbonyl (C=O) groups is 1. The third kappa shape index (κ3) is 7.22. The molecule has 0 fully saturated rings. The van der Waals surface area contributed by atoms with Crippen LogP contribution in [0.25, 0.3) is 16.9 Å². The molecule has 0 spiro atoms. The van der Waals surface area contributed by atoms with Gasteiger partial charge < -0.3 is 20.1 Å². The number of benzene rings is 3. The van der Waals surface area contributed by atoms with Crippen LogP contribution in [0.5, 0.6) is 0 Å². The summed E-state index contributed by atoms with van der Waals surface area (Å²) in [6.07, 6.45) is 3.58. The molecule has 0 radical (unpaired) electrons. The number of carbonyl (C=O) groups excluding carboxylic acids is 1. The second-order valence-corrected chi connectivity index (χ2v) is 10.1. The molecule has 0 saturated carbocycles. The second kappa shape index (κ2) is 12.8. The maximum atomic E-state index is 13.9. The zero-order chi connectivity index (χ0) is 28.8. The third-order valence-electron chi connectivity index (χ3n) is 7.03. The summed E-state index contributed by atoms with van der Waals surface area (Å²) in [5, 5.41) is 17.2. The van der Waals surface area contributed by atoms with Crippen LogP contribution >= 0.6 is 0 Å². The molecule has 0 saturated heterocycles. The monoisotopic (exact) mass is 554 g/mol. The molecule has 2 atom stereocenters. The van der Waals surface area contributed by atoms with Crippen LogP contribution in [-0.2, 0) is 19.4 Å². The van der Waals surface area contributed by atoms with Gasteiger partial charge in [-0.3, -0.25) is 4.79 Å². The van der Waals surface area contributed by atoms with Gasteiger partial charge in [0.15, 0.2) is 0 Å². The van der Waals surface area contributed by atoms with Crippen molar-refractivity contribution in [3.8, 4) is 11.3 Å². The highest BCUT2D eigenvalue weighted by Crippen LogP contribution is 2.20. The molecule has 3 aromatic carbocycles. The van der Waals surface area contributed by atoms with Gasteiger partial charge in [0.1, 0.15) is 17.3 Å². The third-order valence-corrected chi connectivity index (χ3v) is 7.03. The predicted molar refractivity (Wildman–Crippen MR) is 155 cm³/mol. The van der Waals surface area contributed by atoms with Gasteiger partial charge >= 0.3 is 0 Å². The lowest BCUT2D eigenvalue weighted by Crippen LogP contribution is -2.48. The number of aliphatic hydroxyl groups excluding tert-OH is 1. The average Bonchev–Trinajstić information content (AvgIpc) is 3.40. The van der Waals surface area contributed by atoms with Gasteiger partial charge in [-0.15, -0.1) is 0 Å². The molecule has 5 aromatic rings. The molecule has 0 unspecified atom stereocenters. The van der Waals surface area contributed by atoms with Gasteiger partial charge in [0.2, 0.25) is 0 Å². The maximum Gasteiger partial charge on any atom is 0.251 e. The van der Waals surface area contributed by atoms with Crippen LogP contribution in [0.2, 0.25) is 0 Å². The van der Waals surface area contributed by atoms with E-state index in [2.05, 4.69) is 34.7 Å². The Labute approximate surface area is 237 Å². The number of halogens is 2. The quantitative estimate of drug-likeness (QED) is 0.206. The first kappa shape index (κ1) is 28.1. The van der Waals surface area contributed by atoms with Crippen LogP contribution in [-0.4, -0.2) is 39.1 Å². The van der Waals surface area contributed by atoms with Crippen molar-refractivity contribution in [3.05, 3.63) is 131 Å². The number of aliphatic hydroxyl groups is 1. The molecule has 0 bridgehead atoms. The summed E-state index contributed by atoms with van der Waals surface area (Å²) in [6.45, 7) is 2.78. The summed E-state index contributed by atoms with van der Waals surface area (Å²) in [7, 11) is 0. The fraction of sp³-hybridized carbons (Fsp3) is 0.212. The molecule has 3 N–H and O–H groups in total. The van der Waals surface area contributed by atoms with E-state index in [9.17, 15) is 18.7 Å². The Balaban J connectivity index is 1.32. The first-order valence-corrected chi connectivity index (χ1v) is 13.6. The Hall–Kier alpha value is -4.40. The SMILES string of the molecule is CCc1cccc(CNC[C@H](O)[C@H](Cc2cc(F)cc(F)c2)NC(=O)c2ccn3cc(-c4ccccc4)nc3c2)c1. The number of nitrogens with one attached hydrogen (secondary N) is 2. The molecule has 8 heteroatoms. The first-order valence-electron chi connectivity index (χ1n) is 13.6. The van der Waals surface area contributed by atoms with Crippen molar-refractivity contribution >= 4 is 11.6 Å². The highest BCUT2D eigenvalue weighted by atomic mass is 19.1. The van der Waals surface area contributed by atoms with Crippen LogP contribution in [0.3, 0.4) is 0 Å². The predicted octanol–water partition coefficient (Wildman–Crippen LogP) is 5.33. The normalized spacial score (nSPS) is 12.8. The van der Waals surface area contributed by atoms with E-state index in [0.29, 0.717) is 23.3 Å². The molecule has 0 aliphatic heterocycles. The van der Waals surface area contributed by atoms with Crippen molar-refractivity contribution in [1.82, 2.24) is 20.0 Å². The molecule has 0 aliphatic rings. The molecule has 1 amide bonds. The summed E-state index contributed by atoms with van der Waals surface area (Å²) < 4.78 is 29.7. The second-order valence-electron chi connectivity index (χ2n) is 10.1. The van der Waals surface area contributed by atoms with E-state index in [-0.39, 0.29) is 13.0 Å². The molecular weight excluding hydrogens is 522 g/mol. The number of fused-ring (bicyclic) bond motifs is 1. The number of hydrogen-bond acceptors (Lipinski definition) is 4. The zero-order valence-electron chi connectivity index (χ0n) is 22.7. The van der Waals surface area contributed by atoms with E-state index in [1.54, 1.807) is 18.3 Å². The molecule has 41 heavy (non-hydrogen) atoms. The number of rotatable bonds is 11. The van der Waals surface area contributed by atoms with Crippen molar-refractivity contribution in [2.75, 3.05) is 6.54 Å². The van der Waals surface area contributed by atoms with E-state index in [0.717, 1.165) is 29.3 Å². The van der Waals surface area contributed by atoms with Gasteiger partial charge in [-0.2, -0.15) is 0 Å². The number of aromatic nitrogens is 2. The number of nitrogens with zero attached hydrogens (tertiary/aromatic N) is 2. The molecular formula is C33H32F2N4O2. The highest BCUT2D eigenvalue weighted by Gasteiger charge is 2.23. The Bertz CT molecular complexity index is 1620. The first-order chi connectivity index (χ1) is 19.9. The van der Waals surface area contributed by atoms with Crippen molar-refractivity contribution in [2.24, 2.45) is 0 Å². The number of pyridine rings is 1.